The molecular formula is C18H25N5O. The molecule has 0 saturated carbocycles. The normalized spacial score (nSPS) is 18.9. The second-order valence-electron chi connectivity index (χ2n) is 6.01. The first kappa shape index (κ1) is 17.7. The number of nitrogens with two attached hydrogens (primary N) is 1. The molecule has 1 aromatic rings. The summed E-state index contributed by atoms with van der Waals surface area (Å²) >= 11 is 0. The Morgan fingerprint density at radius 1 is 1.54 bits per heavy atom. The standard InChI is InChI=1S/C18H25N5O/c1-6-9-20-14(5)12(3)13(4)18-21-10-15(17(19)22-18)23-11(2)7-8-16(23)24/h6,9-11,14,20H,3-4,7-8H2,1-2,5H3,(H2,19,21,22)/b9-6-. The van der Waals surface area contributed by atoms with Gasteiger partial charge in [-0.3, -0.25) is 4.79 Å². The van der Waals surface area contributed by atoms with Crippen molar-refractivity contribution in [1.82, 2.24) is 15.3 Å². The molecule has 6 heteroatoms. The van der Waals surface area contributed by atoms with Crippen LogP contribution in [0, 0.1) is 0 Å². The smallest absolute Gasteiger partial charge is 0.227 e. The van der Waals surface area contributed by atoms with Crippen molar-refractivity contribution in [3.05, 3.63) is 43.0 Å². The van der Waals surface area contributed by atoms with Crippen LogP contribution >= 0.6 is 0 Å². The van der Waals surface area contributed by atoms with Crippen LogP contribution in [0.25, 0.3) is 5.57 Å². The molecule has 128 valence electrons. The Bertz CT molecular complexity index is 695. The van der Waals surface area contributed by atoms with Crippen LogP contribution < -0.4 is 16.0 Å². The molecule has 0 spiro atoms. The maximum atomic E-state index is 12.0. The number of carbonyl (C=O) groups excluding carboxylic acids is 1. The van der Waals surface area contributed by atoms with Gasteiger partial charge in [0.15, 0.2) is 11.6 Å². The molecule has 2 heterocycles. The van der Waals surface area contributed by atoms with Crippen molar-refractivity contribution < 1.29 is 4.79 Å². The lowest BCUT2D eigenvalue weighted by Crippen LogP contribution is -2.32. The number of carbonyl (C=O) groups is 1. The third-order valence-electron chi connectivity index (χ3n) is 4.24. The van der Waals surface area contributed by atoms with Gasteiger partial charge in [0.05, 0.1) is 6.20 Å². The number of allylic oxidation sites excluding steroid dienone is 1. The van der Waals surface area contributed by atoms with E-state index in [0.717, 1.165) is 12.0 Å². The number of amides is 1. The number of hydrogen-bond acceptors (Lipinski definition) is 5. The van der Waals surface area contributed by atoms with Gasteiger partial charge in [0.2, 0.25) is 5.91 Å². The molecule has 6 nitrogen and oxygen atoms in total. The van der Waals surface area contributed by atoms with E-state index in [0.29, 0.717) is 23.5 Å². The van der Waals surface area contributed by atoms with E-state index in [2.05, 4.69) is 28.4 Å². The summed E-state index contributed by atoms with van der Waals surface area (Å²) in [5.41, 5.74) is 8.05. The maximum absolute atomic E-state index is 12.0. The topological polar surface area (TPSA) is 84.1 Å². The Kier molecular flexibility index (Phi) is 5.39. The van der Waals surface area contributed by atoms with Crippen molar-refractivity contribution in [1.29, 1.82) is 0 Å². The fourth-order valence-corrected chi connectivity index (χ4v) is 2.67. The van der Waals surface area contributed by atoms with E-state index in [1.807, 2.05) is 33.0 Å². The third kappa shape index (κ3) is 3.48. The van der Waals surface area contributed by atoms with Gasteiger partial charge in [-0.05, 0) is 39.0 Å². The van der Waals surface area contributed by atoms with Gasteiger partial charge in [-0.15, -0.1) is 0 Å². The van der Waals surface area contributed by atoms with Gasteiger partial charge in [-0.25, -0.2) is 9.97 Å². The largest absolute Gasteiger partial charge is 0.385 e. The molecule has 2 unspecified atom stereocenters. The number of nitrogens with one attached hydrogen (secondary N) is 1. The van der Waals surface area contributed by atoms with Crippen LogP contribution in [0.4, 0.5) is 11.5 Å². The zero-order valence-electron chi connectivity index (χ0n) is 14.5. The van der Waals surface area contributed by atoms with Crippen molar-refractivity contribution in [2.45, 2.75) is 45.7 Å². The third-order valence-corrected chi connectivity index (χ3v) is 4.24. The highest BCUT2D eigenvalue weighted by molar-refractivity contribution is 5.98. The Morgan fingerprint density at radius 2 is 2.25 bits per heavy atom. The van der Waals surface area contributed by atoms with Gasteiger partial charge < -0.3 is 16.0 Å². The quantitative estimate of drug-likeness (QED) is 0.785. The van der Waals surface area contributed by atoms with Crippen molar-refractivity contribution in [3.8, 4) is 0 Å². The van der Waals surface area contributed by atoms with Crippen LogP contribution in [0.2, 0.25) is 0 Å². The summed E-state index contributed by atoms with van der Waals surface area (Å²) in [6, 6.07) is 0.107. The number of aromatic nitrogens is 2. The van der Waals surface area contributed by atoms with Crippen molar-refractivity contribution in [2.75, 3.05) is 10.6 Å². The second-order valence-corrected chi connectivity index (χ2v) is 6.01. The Hall–Kier alpha value is -2.63. The maximum Gasteiger partial charge on any atom is 0.227 e. The monoisotopic (exact) mass is 327 g/mol. The summed E-state index contributed by atoms with van der Waals surface area (Å²) < 4.78 is 0. The van der Waals surface area contributed by atoms with E-state index < -0.39 is 0 Å². The van der Waals surface area contributed by atoms with E-state index in [9.17, 15) is 4.79 Å². The van der Waals surface area contributed by atoms with E-state index in [-0.39, 0.29) is 23.8 Å². The highest BCUT2D eigenvalue weighted by Gasteiger charge is 2.31. The number of nitrogen functional groups attached to an aromatic ring is 1. The summed E-state index contributed by atoms with van der Waals surface area (Å²) in [7, 11) is 0. The zero-order chi connectivity index (χ0) is 17.9. The first-order valence-electron chi connectivity index (χ1n) is 8.07. The van der Waals surface area contributed by atoms with Crippen LogP contribution in [0.3, 0.4) is 0 Å². The minimum atomic E-state index is -0.00150. The molecule has 24 heavy (non-hydrogen) atoms. The van der Waals surface area contributed by atoms with Crippen LogP contribution in [0.15, 0.2) is 37.2 Å². The van der Waals surface area contributed by atoms with Gasteiger partial charge in [-0.2, -0.15) is 0 Å². The molecule has 1 aliphatic heterocycles. The molecule has 0 bridgehead atoms. The molecule has 0 radical (unpaired) electrons. The summed E-state index contributed by atoms with van der Waals surface area (Å²) in [6.45, 7) is 14.0. The minimum Gasteiger partial charge on any atom is -0.385 e. The molecule has 0 aliphatic carbocycles. The van der Waals surface area contributed by atoms with E-state index in [1.54, 1.807) is 11.1 Å². The van der Waals surface area contributed by atoms with Crippen molar-refractivity contribution in [3.63, 3.8) is 0 Å². The number of anilines is 2. The highest BCUT2D eigenvalue weighted by atomic mass is 16.2. The predicted molar refractivity (Wildman–Crippen MR) is 98.2 cm³/mol. The molecule has 1 saturated heterocycles. The van der Waals surface area contributed by atoms with Crippen LogP contribution in [-0.4, -0.2) is 28.0 Å². The lowest BCUT2D eigenvalue weighted by Gasteiger charge is -2.23. The average Bonchev–Trinajstić information content (AvgIpc) is 2.90. The highest BCUT2D eigenvalue weighted by Crippen LogP contribution is 2.31. The van der Waals surface area contributed by atoms with Crippen molar-refractivity contribution >= 4 is 23.0 Å². The molecular weight excluding hydrogens is 302 g/mol. The van der Waals surface area contributed by atoms with Gasteiger partial charge >= 0.3 is 0 Å². The average molecular weight is 327 g/mol. The Labute approximate surface area is 143 Å². The van der Waals surface area contributed by atoms with Gasteiger partial charge in [-0.1, -0.05) is 19.2 Å². The van der Waals surface area contributed by atoms with Gasteiger partial charge in [0, 0.05) is 24.1 Å². The SMILES string of the molecule is C=C(C(=C)C(C)N/C=C\C)c1ncc(N2C(=O)CCC2C)c(N)n1. The molecule has 0 aromatic carbocycles. The first-order chi connectivity index (χ1) is 11.4. The number of rotatable bonds is 6. The molecule has 3 N–H and O–H groups in total. The lowest BCUT2D eigenvalue weighted by atomic mass is 10.0. The minimum absolute atomic E-state index is 0.00150. The fourth-order valence-electron chi connectivity index (χ4n) is 2.67. The van der Waals surface area contributed by atoms with E-state index in [4.69, 9.17) is 5.73 Å². The summed E-state index contributed by atoms with van der Waals surface area (Å²) in [5.74, 6) is 0.762. The van der Waals surface area contributed by atoms with E-state index >= 15 is 0 Å². The molecule has 1 amide bonds. The molecule has 2 atom stereocenters. The lowest BCUT2D eigenvalue weighted by molar-refractivity contribution is -0.117. The summed E-state index contributed by atoms with van der Waals surface area (Å²) in [6.07, 6.45) is 6.70. The zero-order valence-corrected chi connectivity index (χ0v) is 14.5. The fraction of sp³-hybridized carbons (Fsp3) is 0.389. The summed E-state index contributed by atoms with van der Waals surface area (Å²) in [5, 5.41) is 3.18. The molecule has 1 aromatic heterocycles. The Morgan fingerprint density at radius 3 is 2.79 bits per heavy atom. The van der Waals surface area contributed by atoms with Crippen molar-refractivity contribution in [2.24, 2.45) is 0 Å². The van der Waals surface area contributed by atoms with Crippen LogP contribution in [0.5, 0.6) is 0 Å². The summed E-state index contributed by atoms with van der Waals surface area (Å²) in [4.78, 5) is 22.4. The van der Waals surface area contributed by atoms with E-state index in [1.165, 1.54) is 0 Å². The van der Waals surface area contributed by atoms with Crippen LogP contribution in [-0.2, 0) is 4.79 Å². The predicted octanol–water partition coefficient (Wildman–Crippen LogP) is 2.66. The molecule has 1 fully saturated rings. The molecule has 1 aliphatic rings. The number of hydrogen-bond donors (Lipinski definition) is 2. The van der Waals surface area contributed by atoms with Crippen LogP contribution in [0.1, 0.15) is 39.4 Å². The Balaban J connectivity index is 2.21. The van der Waals surface area contributed by atoms with Gasteiger partial charge in [0.25, 0.3) is 0 Å². The molecule has 2 rings (SSSR count). The number of nitrogens with zero attached hydrogens (tertiary/aromatic N) is 3. The second kappa shape index (κ2) is 7.29. The van der Waals surface area contributed by atoms with Gasteiger partial charge in [0.1, 0.15) is 5.69 Å². The first-order valence-corrected chi connectivity index (χ1v) is 8.07.